The first-order valence-corrected chi connectivity index (χ1v) is 3.90. The smallest absolute Gasteiger partial charge is 0.358 e. The van der Waals surface area contributed by atoms with Crippen LogP contribution in [-0.2, 0) is 65.4 Å². The second kappa shape index (κ2) is 9.84. The number of hydrogen-bond acceptors (Lipinski definition) is 0. The van der Waals surface area contributed by atoms with Crippen molar-refractivity contribution in [1.29, 1.82) is 0 Å². The molecular formula is C13H11Y2. The monoisotopic (exact) mass is 345 g/mol. The summed E-state index contributed by atoms with van der Waals surface area (Å²) in [4.78, 5) is 0. The Hall–Kier alpha value is 0.648. The Morgan fingerprint density at radius 1 is 0.733 bits per heavy atom. The third kappa shape index (κ3) is 5.50. The van der Waals surface area contributed by atoms with E-state index in [1.165, 1.54) is 0 Å². The predicted octanol–water partition coefficient (Wildman–Crippen LogP) is 3.40. The Kier molecular flexibility index (Phi) is 11.8. The largest absolute Gasteiger partial charge is 3.00 e. The molecule has 0 unspecified atom stereocenters. The minimum atomic E-state index is 0. The standard InChI is InChI=1S/C12H8.CH3.2Y/c1-3-7-11(8-4-1)12-9-5-2-6-10-12;;;/h1-7,9H;1H3;;/q-2;-1;;+3. The van der Waals surface area contributed by atoms with Crippen molar-refractivity contribution in [2.24, 2.45) is 0 Å². The molecule has 0 heterocycles. The summed E-state index contributed by atoms with van der Waals surface area (Å²) in [5.74, 6) is 0. The van der Waals surface area contributed by atoms with Gasteiger partial charge in [-0.1, -0.05) is 0 Å². The fourth-order valence-corrected chi connectivity index (χ4v) is 1.12. The van der Waals surface area contributed by atoms with Crippen LogP contribution in [-0.4, -0.2) is 0 Å². The summed E-state index contributed by atoms with van der Waals surface area (Å²) >= 11 is 0. The van der Waals surface area contributed by atoms with E-state index in [4.69, 9.17) is 0 Å². The van der Waals surface area contributed by atoms with Crippen LogP contribution in [0.2, 0.25) is 0 Å². The zero-order valence-corrected chi connectivity index (χ0v) is 14.5. The van der Waals surface area contributed by atoms with Crippen molar-refractivity contribution in [2.75, 3.05) is 0 Å². The minimum absolute atomic E-state index is 0. The molecular weight excluding hydrogens is 334 g/mol. The second-order valence-corrected chi connectivity index (χ2v) is 2.55. The molecule has 0 aliphatic rings. The average Bonchev–Trinajstić information content (AvgIpc) is 2.21. The van der Waals surface area contributed by atoms with Gasteiger partial charge >= 0.3 is 32.7 Å². The van der Waals surface area contributed by atoms with Gasteiger partial charge in [0.05, 0.1) is 0 Å². The van der Waals surface area contributed by atoms with Crippen molar-refractivity contribution in [1.82, 2.24) is 0 Å². The SMILES string of the molecule is [CH3-].[Y+3].[Y].[c-]1ccccc1-c1[c-]cccc1. The van der Waals surface area contributed by atoms with Crippen molar-refractivity contribution in [3.8, 4) is 11.1 Å². The van der Waals surface area contributed by atoms with Crippen LogP contribution in [0.1, 0.15) is 0 Å². The molecule has 0 saturated carbocycles. The number of hydrogen-bond donors (Lipinski definition) is 0. The van der Waals surface area contributed by atoms with E-state index >= 15 is 0 Å². The zero-order chi connectivity index (χ0) is 8.23. The zero-order valence-electron chi connectivity index (χ0n) is 8.77. The maximum Gasteiger partial charge on any atom is 3.00 e. The van der Waals surface area contributed by atoms with Crippen LogP contribution in [0.4, 0.5) is 0 Å². The fourth-order valence-electron chi connectivity index (χ4n) is 1.12. The van der Waals surface area contributed by atoms with Gasteiger partial charge in [0.25, 0.3) is 0 Å². The molecule has 0 saturated heterocycles. The second-order valence-electron chi connectivity index (χ2n) is 2.55. The number of rotatable bonds is 1. The molecule has 2 heteroatoms. The van der Waals surface area contributed by atoms with Crippen molar-refractivity contribution < 1.29 is 65.4 Å². The van der Waals surface area contributed by atoms with Crippen molar-refractivity contribution in [3.05, 3.63) is 68.1 Å². The first-order valence-electron chi connectivity index (χ1n) is 3.90. The van der Waals surface area contributed by atoms with E-state index < -0.39 is 0 Å². The van der Waals surface area contributed by atoms with Crippen molar-refractivity contribution in [3.63, 3.8) is 0 Å². The van der Waals surface area contributed by atoms with Gasteiger partial charge in [0, 0.05) is 32.7 Å². The maximum absolute atomic E-state index is 3.15. The Morgan fingerprint density at radius 3 is 1.40 bits per heavy atom. The van der Waals surface area contributed by atoms with Crippen LogP contribution in [0.15, 0.2) is 48.5 Å². The molecule has 0 atom stereocenters. The van der Waals surface area contributed by atoms with Crippen LogP contribution in [0.3, 0.4) is 0 Å². The normalized spacial score (nSPS) is 7.73. The van der Waals surface area contributed by atoms with Crippen LogP contribution in [0.25, 0.3) is 11.1 Å². The van der Waals surface area contributed by atoms with Crippen LogP contribution >= 0.6 is 0 Å². The van der Waals surface area contributed by atoms with E-state index in [-0.39, 0.29) is 72.8 Å². The van der Waals surface area contributed by atoms with E-state index in [9.17, 15) is 0 Å². The van der Waals surface area contributed by atoms with Crippen molar-refractivity contribution >= 4 is 0 Å². The summed E-state index contributed by atoms with van der Waals surface area (Å²) in [6, 6.07) is 22.1. The molecule has 0 amide bonds. The summed E-state index contributed by atoms with van der Waals surface area (Å²) in [5, 5.41) is 0. The average molecular weight is 345 g/mol. The first kappa shape index (κ1) is 18.0. The van der Waals surface area contributed by atoms with E-state index in [0.717, 1.165) is 11.1 Å². The molecule has 1 radical (unpaired) electrons. The fraction of sp³-hybridized carbons (Fsp3) is 0. The van der Waals surface area contributed by atoms with E-state index in [2.05, 4.69) is 12.1 Å². The van der Waals surface area contributed by atoms with Crippen molar-refractivity contribution in [2.45, 2.75) is 0 Å². The Morgan fingerprint density at radius 2 is 1.13 bits per heavy atom. The Balaban J connectivity index is 0. The topological polar surface area (TPSA) is 0 Å². The molecule has 2 aromatic rings. The maximum atomic E-state index is 3.15. The summed E-state index contributed by atoms with van der Waals surface area (Å²) in [6.07, 6.45) is 0. The molecule has 0 nitrogen and oxygen atoms in total. The molecule has 2 rings (SSSR count). The van der Waals surface area contributed by atoms with E-state index in [0.29, 0.717) is 0 Å². The number of benzene rings is 2. The molecule has 0 aliphatic carbocycles. The van der Waals surface area contributed by atoms with Gasteiger partial charge in [0.1, 0.15) is 0 Å². The minimum Gasteiger partial charge on any atom is -0.358 e. The summed E-state index contributed by atoms with van der Waals surface area (Å²) in [7, 11) is 0. The van der Waals surface area contributed by atoms with Gasteiger partial charge in [0.15, 0.2) is 0 Å². The van der Waals surface area contributed by atoms with E-state index in [1.807, 2.05) is 48.5 Å². The quantitative estimate of drug-likeness (QED) is 0.695. The Bertz CT molecular complexity index is 306. The van der Waals surface area contributed by atoms with E-state index in [1.54, 1.807) is 0 Å². The van der Waals surface area contributed by atoms with Gasteiger partial charge in [-0.3, -0.25) is 0 Å². The van der Waals surface area contributed by atoms with Crippen LogP contribution < -0.4 is 0 Å². The van der Waals surface area contributed by atoms with Crippen LogP contribution in [0, 0.1) is 19.6 Å². The third-order valence-corrected chi connectivity index (χ3v) is 1.71. The molecule has 15 heavy (non-hydrogen) atoms. The molecule has 2 aromatic carbocycles. The molecule has 0 N–H and O–H groups in total. The summed E-state index contributed by atoms with van der Waals surface area (Å²) in [6.45, 7) is 0. The van der Waals surface area contributed by atoms with Gasteiger partial charge in [-0.15, -0.1) is 12.1 Å². The molecule has 0 aliphatic heterocycles. The van der Waals surface area contributed by atoms with Gasteiger partial charge < -0.3 is 7.43 Å². The molecule has 0 aromatic heterocycles. The molecule has 0 fully saturated rings. The molecule has 0 spiro atoms. The van der Waals surface area contributed by atoms with Gasteiger partial charge in [-0.2, -0.15) is 48.5 Å². The van der Waals surface area contributed by atoms with Gasteiger partial charge in [0.2, 0.25) is 0 Å². The third-order valence-electron chi connectivity index (χ3n) is 1.71. The molecule has 0 bridgehead atoms. The first-order chi connectivity index (χ1) is 5.97. The summed E-state index contributed by atoms with van der Waals surface area (Å²) < 4.78 is 0. The Labute approximate surface area is 143 Å². The van der Waals surface area contributed by atoms with Gasteiger partial charge in [-0.25, -0.2) is 11.1 Å². The predicted molar refractivity (Wildman–Crippen MR) is 56.0 cm³/mol. The molecule has 69 valence electrons. The summed E-state index contributed by atoms with van der Waals surface area (Å²) in [5.41, 5.74) is 2.19. The van der Waals surface area contributed by atoms with Gasteiger partial charge in [-0.05, 0) is 0 Å². The van der Waals surface area contributed by atoms with Crippen LogP contribution in [0.5, 0.6) is 0 Å².